The number of hydrogen-bond acceptors (Lipinski definition) is 2. The van der Waals surface area contributed by atoms with E-state index in [9.17, 15) is 0 Å². The normalized spacial score (nSPS) is 10.7. The zero-order valence-electron chi connectivity index (χ0n) is 6.39. The van der Waals surface area contributed by atoms with Crippen LogP contribution in [0.15, 0.2) is 6.20 Å². The van der Waals surface area contributed by atoms with Crippen LogP contribution in [0.2, 0.25) is 0 Å². The van der Waals surface area contributed by atoms with E-state index in [0.29, 0.717) is 11.7 Å². The second kappa shape index (κ2) is 2.73. The van der Waals surface area contributed by atoms with Gasteiger partial charge < -0.3 is 10.7 Å². The van der Waals surface area contributed by atoms with Crippen molar-refractivity contribution in [2.75, 3.05) is 5.73 Å². The zero-order valence-corrected chi connectivity index (χ0v) is 6.39. The minimum atomic E-state index is 0.630. The molecule has 0 amide bonds. The first kappa shape index (κ1) is 7.12. The molecule has 0 aliphatic heterocycles. The fourth-order valence-corrected chi connectivity index (χ4v) is 0.869. The molecular weight excluding hydrogens is 126 g/mol. The number of nitrogens with one attached hydrogen (secondary N) is 1. The Morgan fingerprint density at radius 3 is 2.80 bits per heavy atom. The number of aromatic amines is 1. The Hall–Kier alpha value is -0.990. The molecule has 0 bridgehead atoms. The molecule has 0 saturated heterocycles. The van der Waals surface area contributed by atoms with Crippen molar-refractivity contribution in [3.63, 3.8) is 0 Å². The Bertz CT molecular complexity index is 202. The number of hydrogen-bond donors (Lipinski definition) is 2. The molecule has 1 aromatic heterocycles. The van der Waals surface area contributed by atoms with Gasteiger partial charge in [0.05, 0.1) is 6.20 Å². The lowest BCUT2D eigenvalue weighted by atomic mass is 10.1. The molecule has 56 valence electrons. The molecule has 0 fully saturated rings. The highest BCUT2D eigenvalue weighted by Gasteiger charge is 1.99. The lowest BCUT2D eigenvalue weighted by molar-refractivity contribution is 0.626. The first-order valence-corrected chi connectivity index (χ1v) is 3.48. The minimum Gasteiger partial charge on any atom is -0.384 e. The lowest BCUT2D eigenvalue weighted by Gasteiger charge is -1.98. The molecule has 0 aliphatic carbocycles. The Balaban J connectivity index is 2.58. The van der Waals surface area contributed by atoms with E-state index in [1.54, 1.807) is 6.20 Å². The third kappa shape index (κ3) is 1.76. The van der Waals surface area contributed by atoms with Gasteiger partial charge >= 0.3 is 0 Å². The number of aromatic nitrogens is 2. The molecule has 1 heterocycles. The summed E-state index contributed by atoms with van der Waals surface area (Å²) in [6.45, 7) is 4.30. The van der Waals surface area contributed by atoms with Gasteiger partial charge in [-0.05, 0) is 5.92 Å². The van der Waals surface area contributed by atoms with E-state index < -0.39 is 0 Å². The molecule has 0 atom stereocenters. The van der Waals surface area contributed by atoms with Crippen LogP contribution in [0, 0.1) is 5.92 Å². The molecule has 1 rings (SSSR count). The van der Waals surface area contributed by atoms with Crippen molar-refractivity contribution in [1.82, 2.24) is 9.97 Å². The maximum atomic E-state index is 5.44. The van der Waals surface area contributed by atoms with Crippen molar-refractivity contribution < 1.29 is 0 Å². The molecule has 0 aliphatic rings. The smallest absolute Gasteiger partial charge is 0.120 e. The molecule has 0 spiro atoms. The maximum absolute atomic E-state index is 5.44. The predicted molar refractivity (Wildman–Crippen MR) is 41.5 cm³/mol. The SMILES string of the molecule is CC(C)Cc1ncc(N)[nH]1. The van der Waals surface area contributed by atoms with E-state index in [4.69, 9.17) is 5.73 Å². The monoisotopic (exact) mass is 139 g/mol. The van der Waals surface area contributed by atoms with Crippen LogP contribution < -0.4 is 5.73 Å². The van der Waals surface area contributed by atoms with Gasteiger partial charge in [0.15, 0.2) is 0 Å². The number of anilines is 1. The fraction of sp³-hybridized carbons (Fsp3) is 0.571. The quantitative estimate of drug-likeness (QED) is 0.646. The van der Waals surface area contributed by atoms with Crippen molar-refractivity contribution in [2.24, 2.45) is 5.92 Å². The van der Waals surface area contributed by atoms with Crippen LogP contribution in [0.1, 0.15) is 19.7 Å². The summed E-state index contributed by atoms with van der Waals surface area (Å²) in [5.74, 6) is 2.26. The Morgan fingerprint density at radius 2 is 2.40 bits per heavy atom. The van der Waals surface area contributed by atoms with Crippen LogP contribution in [0.4, 0.5) is 5.82 Å². The molecule has 0 radical (unpaired) electrons. The van der Waals surface area contributed by atoms with Crippen LogP contribution in [-0.4, -0.2) is 9.97 Å². The summed E-state index contributed by atoms with van der Waals surface area (Å²) in [5, 5.41) is 0. The van der Waals surface area contributed by atoms with E-state index >= 15 is 0 Å². The van der Waals surface area contributed by atoms with Gasteiger partial charge in [-0.1, -0.05) is 13.8 Å². The van der Waals surface area contributed by atoms with Gasteiger partial charge in [-0.2, -0.15) is 0 Å². The molecular formula is C7H13N3. The molecule has 1 aromatic rings. The Morgan fingerprint density at radius 1 is 1.70 bits per heavy atom. The number of nitrogen functional groups attached to an aromatic ring is 1. The van der Waals surface area contributed by atoms with Gasteiger partial charge in [-0.3, -0.25) is 0 Å². The first-order valence-electron chi connectivity index (χ1n) is 3.48. The van der Waals surface area contributed by atoms with Crippen molar-refractivity contribution in [2.45, 2.75) is 20.3 Å². The average molecular weight is 139 g/mol. The van der Waals surface area contributed by atoms with Crippen LogP contribution >= 0.6 is 0 Å². The number of rotatable bonds is 2. The highest BCUT2D eigenvalue weighted by Crippen LogP contribution is 2.04. The standard InChI is InChI=1S/C7H13N3/c1-5(2)3-7-9-4-6(8)10-7/h4-5H,3,8H2,1-2H3,(H,9,10). The van der Waals surface area contributed by atoms with E-state index in [0.717, 1.165) is 12.2 Å². The van der Waals surface area contributed by atoms with Crippen LogP contribution in [0.3, 0.4) is 0 Å². The molecule has 3 nitrogen and oxygen atoms in total. The average Bonchev–Trinajstić information content (AvgIpc) is 2.13. The summed E-state index contributed by atoms with van der Waals surface area (Å²) in [6.07, 6.45) is 2.62. The second-order valence-corrected chi connectivity index (χ2v) is 2.88. The lowest BCUT2D eigenvalue weighted by Crippen LogP contribution is -1.96. The molecule has 3 heteroatoms. The predicted octanol–water partition coefficient (Wildman–Crippen LogP) is 1.19. The number of imidazole rings is 1. The van der Waals surface area contributed by atoms with Gasteiger partial charge in [-0.15, -0.1) is 0 Å². The summed E-state index contributed by atoms with van der Waals surface area (Å²) in [4.78, 5) is 7.05. The van der Waals surface area contributed by atoms with Crippen molar-refractivity contribution in [3.05, 3.63) is 12.0 Å². The summed E-state index contributed by atoms with van der Waals surface area (Å²) >= 11 is 0. The van der Waals surface area contributed by atoms with Crippen molar-refractivity contribution >= 4 is 5.82 Å². The fourth-order valence-electron chi connectivity index (χ4n) is 0.869. The van der Waals surface area contributed by atoms with E-state index in [2.05, 4.69) is 23.8 Å². The van der Waals surface area contributed by atoms with Crippen LogP contribution in [0.25, 0.3) is 0 Å². The molecule has 3 N–H and O–H groups in total. The van der Waals surface area contributed by atoms with Crippen molar-refractivity contribution in [3.8, 4) is 0 Å². The highest BCUT2D eigenvalue weighted by molar-refractivity contribution is 5.24. The van der Waals surface area contributed by atoms with Gasteiger partial charge in [0, 0.05) is 6.42 Å². The van der Waals surface area contributed by atoms with E-state index in [1.807, 2.05) is 0 Å². The van der Waals surface area contributed by atoms with Gasteiger partial charge in [0.2, 0.25) is 0 Å². The molecule has 0 unspecified atom stereocenters. The minimum absolute atomic E-state index is 0.630. The van der Waals surface area contributed by atoms with E-state index in [1.165, 1.54) is 0 Å². The van der Waals surface area contributed by atoms with Gasteiger partial charge in [0.1, 0.15) is 11.6 Å². The number of nitrogens with two attached hydrogens (primary N) is 1. The number of nitrogens with zero attached hydrogens (tertiary/aromatic N) is 1. The largest absolute Gasteiger partial charge is 0.384 e. The Labute approximate surface area is 60.7 Å². The highest BCUT2D eigenvalue weighted by atomic mass is 15.0. The summed E-state index contributed by atoms with van der Waals surface area (Å²) < 4.78 is 0. The molecule has 0 saturated carbocycles. The third-order valence-electron chi connectivity index (χ3n) is 1.25. The summed E-state index contributed by atoms with van der Waals surface area (Å²) in [7, 11) is 0. The summed E-state index contributed by atoms with van der Waals surface area (Å²) in [6, 6.07) is 0. The summed E-state index contributed by atoms with van der Waals surface area (Å²) in [5.41, 5.74) is 5.44. The van der Waals surface area contributed by atoms with Crippen LogP contribution in [0.5, 0.6) is 0 Å². The molecule has 0 aromatic carbocycles. The topological polar surface area (TPSA) is 54.7 Å². The molecule has 10 heavy (non-hydrogen) atoms. The Kier molecular flexibility index (Phi) is 1.94. The van der Waals surface area contributed by atoms with Gasteiger partial charge in [-0.25, -0.2) is 4.98 Å². The van der Waals surface area contributed by atoms with Gasteiger partial charge in [0.25, 0.3) is 0 Å². The first-order chi connectivity index (χ1) is 4.68. The second-order valence-electron chi connectivity index (χ2n) is 2.88. The third-order valence-corrected chi connectivity index (χ3v) is 1.25. The zero-order chi connectivity index (χ0) is 7.56. The maximum Gasteiger partial charge on any atom is 0.120 e. The van der Waals surface area contributed by atoms with E-state index in [-0.39, 0.29) is 0 Å². The number of H-pyrrole nitrogens is 1. The van der Waals surface area contributed by atoms with Crippen molar-refractivity contribution in [1.29, 1.82) is 0 Å². The van der Waals surface area contributed by atoms with Crippen LogP contribution in [-0.2, 0) is 6.42 Å².